The van der Waals surface area contributed by atoms with E-state index in [2.05, 4.69) is 0 Å². The van der Waals surface area contributed by atoms with Crippen molar-refractivity contribution in [1.29, 1.82) is 0 Å². The van der Waals surface area contributed by atoms with Crippen LogP contribution in [0.3, 0.4) is 0 Å². The normalized spacial score (nSPS) is 14.2. The van der Waals surface area contributed by atoms with Gasteiger partial charge in [0.2, 0.25) is 0 Å². The molecule has 0 N–H and O–H groups in total. The lowest BCUT2D eigenvalue weighted by Crippen LogP contribution is -2.12. The molecule has 0 saturated heterocycles. The maximum atomic E-state index is 11.9. The zero-order valence-corrected chi connectivity index (χ0v) is 11.1. The molecule has 0 aliphatic heterocycles. The lowest BCUT2D eigenvalue weighted by Gasteiger charge is -2.15. The van der Waals surface area contributed by atoms with E-state index in [0.29, 0.717) is 6.42 Å². The van der Waals surface area contributed by atoms with E-state index in [9.17, 15) is 14.9 Å². The molecule has 0 amide bonds. The van der Waals surface area contributed by atoms with Gasteiger partial charge in [0.25, 0.3) is 5.69 Å². The van der Waals surface area contributed by atoms with Gasteiger partial charge in [-0.05, 0) is 31.9 Å². The van der Waals surface area contributed by atoms with E-state index in [-0.39, 0.29) is 11.5 Å². The van der Waals surface area contributed by atoms with Crippen molar-refractivity contribution in [3.05, 3.63) is 57.4 Å². The third-order valence-corrected chi connectivity index (χ3v) is 3.70. The zero-order valence-electron chi connectivity index (χ0n) is 11.1. The number of non-ortho nitro benzene ring substituents is 1. The van der Waals surface area contributed by atoms with Crippen LogP contribution in [0.5, 0.6) is 0 Å². The molecule has 5 heteroatoms. The van der Waals surface area contributed by atoms with E-state index >= 15 is 0 Å². The highest BCUT2D eigenvalue weighted by Crippen LogP contribution is 2.29. The van der Waals surface area contributed by atoms with Crippen LogP contribution in [-0.2, 0) is 6.42 Å². The molecule has 1 aromatic heterocycles. The van der Waals surface area contributed by atoms with Crippen molar-refractivity contribution < 1.29 is 9.72 Å². The SMILES string of the molecule is Cc1cc2c(n1-c1cccc([N+](=O)[O-])c1)CCCC2=O. The molecule has 0 atom stereocenters. The van der Waals surface area contributed by atoms with Crippen LogP contribution in [-0.4, -0.2) is 15.3 Å². The lowest BCUT2D eigenvalue weighted by atomic mass is 9.96. The molecule has 1 heterocycles. The topological polar surface area (TPSA) is 65.1 Å². The molecule has 102 valence electrons. The van der Waals surface area contributed by atoms with Gasteiger partial charge < -0.3 is 4.57 Å². The van der Waals surface area contributed by atoms with Crippen molar-refractivity contribution in [2.75, 3.05) is 0 Å². The number of aryl methyl sites for hydroxylation is 1. The Balaban J connectivity index is 2.18. The minimum Gasteiger partial charge on any atom is -0.317 e. The first kappa shape index (κ1) is 12.6. The lowest BCUT2D eigenvalue weighted by molar-refractivity contribution is -0.384. The summed E-state index contributed by atoms with van der Waals surface area (Å²) in [7, 11) is 0. The molecule has 1 aliphatic rings. The van der Waals surface area contributed by atoms with Crippen LogP contribution in [0.1, 0.15) is 34.6 Å². The first-order valence-electron chi connectivity index (χ1n) is 6.57. The molecule has 0 fully saturated rings. The fourth-order valence-corrected chi connectivity index (χ4v) is 2.83. The number of fused-ring (bicyclic) bond motifs is 1. The Morgan fingerprint density at radius 2 is 2.05 bits per heavy atom. The van der Waals surface area contributed by atoms with Gasteiger partial charge in [0.15, 0.2) is 5.78 Å². The average Bonchev–Trinajstić information content (AvgIpc) is 2.77. The number of ketones is 1. The van der Waals surface area contributed by atoms with Gasteiger partial charge in [-0.15, -0.1) is 0 Å². The summed E-state index contributed by atoms with van der Waals surface area (Å²) in [6.45, 7) is 1.92. The van der Waals surface area contributed by atoms with Crippen LogP contribution in [0, 0.1) is 17.0 Å². The predicted molar refractivity (Wildman–Crippen MR) is 74.4 cm³/mol. The van der Waals surface area contributed by atoms with Gasteiger partial charge in [-0.1, -0.05) is 6.07 Å². The van der Waals surface area contributed by atoms with Gasteiger partial charge in [0.1, 0.15) is 0 Å². The van der Waals surface area contributed by atoms with Gasteiger partial charge in [-0.25, -0.2) is 0 Å². The minimum absolute atomic E-state index is 0.0616. The molecule has 0 spiro atoms. The summed E-state index contributed by atoms with van der Waals surface area (Å²) in [5, 5.41) is 10.9. The van der Waals surface area contributed by atoms with Crippen LogP contribution in [0.15, 0.2) is 30.3 Å². The Morgan fingerprint density at radius 3 is 2.80 bits per heavy atom. The minimum atomic E-state index is -0.403. The zero-order chi connectivity index (χ0) is 14.3. The first-order valence-corrected chi connectivity index (χ1v) is 6.57. The van der Waals surface area contributed by atoms with Gasteiger partial charge >= 0.3 is 0 Å². The van der Waals surface area contributed by atoms with E-state index in [1.54, 1.807) is 12.1 Å². The van der Waals surface area contributed by atoms with Crippen molar-refractivity contribution in [3.8, 4) is 5.69 Å². The van der Waals surface area contributed by atoms with Crippen LogP contribution in [0.4, 0.5) is 5.69 Å². The van der Waals surface area contributed by atoms with E-state index in [1.807, 2.05) is 23.6 Å². The summed E-state index contributed by atoms with van der Waals surface area (Å²) in [5.74, 6) is 0.165. The molecular weight excluding hydrogens is 256 g/mol. The van der Waals surface area contributed by atoms with Crippen LogP contribution >= 0.6 is 0 Å². The molecule has 5 nitrogen and oxygen atoms in total. The van der Waals surface area contributed by atoms with E-state index in [1.165, 1.54) is 6.07 Å². The van der Waals surface area contributed by atoms with Gasteiger partial charge in [0, 0.05) is 35.5 Å². The van der Waals surface area contributed by atoms with Crippen molar-refractivity contribution in [2.45, 2.75) is 26.2 Å². The molecule has 0 unspecified atom stereocenters. The maximum Gasteiger partial charge on any atom is 0.271 e. The predicted octanol–water partition coefficient (Wildman–Crippen LogP) is 3.21. The quantitative estimate of drug-likeness (QED) is 0.621. The molecule has 0 radical (unpaired) electrons. The van der Waals surface area contributed by atoms with Crippen molar-refractivity contribution in [3.63, 3.8) is 0 Å². The summed E-state index contributed by atoms with van der Waals surface area (Å²) in [6, 6.07) is 8.41. The fraction of sp³-hybridized carbons (Fsp3) is 0.267. The third kappa shape index (κ3) is 1.91. The Morgan fingerprint density at radius 1 is 1.25 bits per heavy atom. The number of Topliss-reactive ketones (excluding diaryl/α,β-unsaturated/α-hetero) is 1. The summed E-state index contributed by atoms with van der Waals surface area (Å²) >= 11 is 0. The molecule has 0 bridgehead atoms. The number of nitro benzene ring substituents is 1. The first-order chi connectivity index (χ1) is 9.58. The Bertz CT molecular complexity index is 716. The monoisotopic (exact) mass is 270 g/mol. The number of rotatable bonds is 2. The summed E-state index contributed by atoms with van der Waals surface area (Å²) < 4.78 is 1.96. The summed E-state index contributed by atoms with van der Waals surface area (Å²) in [5.41, 5.74) is 3.48. The molecule has 0 saturated carbocycles. The molecular formula is C15H14N2O3. The fourth-order valence-electron chi connectivity index (χ4n) is 2.83. The van der Waals surface area contributed by atoms with Crippen LogP contribution in [0.25, 0.3) is 5.69 Å². The largest absolute Gasteiger partial charge is 0.317 e. The molecule has 1 aromatic carbocycles. The van der Waals surface area contributed by atoms with Crippen molar-refractivity contribution in [1.82, 2.24) is 4.57 Å². The number of nitro groups is 1. The second-order valence-corrected chi connectivity index (χ2v) is 5.04. The Hall–Kier alpha value is -2.43. The number of nitrogens with zero attached hydrogens (tertiary/aromatic N) is 2. The highest BCUT2D eigenvalue weighted by Gasteiger charge is 2.23. The summed E-state index contributed by atoms with van der Waals surface area (Å²) in [6.07, 6.45) is 2.26. The highest BCUT2D eigenvalue weighted by molar-refractivity contribution is 5.98. The van der Waals surface area contributed by atoms with Gasteiger partial charge in [-0.2, -0.15) is 0 Å². The van der Waals surface area contributed by atoms with E-state index in [0.717, 1.165) is 35.5 Å². The molecule has 3 rings (SSSR count). The van der Waals surface area contributed by atoms with Crippen molar-refractivity contribution >= 4 is 11.5 Å². The number of benzene rings is 1. The molecule has 2 aromatic rings. The van der Waals surface area contributed by atoms with Crippen molar-refractivity contribution in [2.24, 2.45) is 0 Å². The van der Waals surface area contributed by atoms with E-state index < -0.39 is 4.92 Å². The Kier molecular flexibility index (Phi) is 2.89. The van der Waals surface area contributed by atoms with Crippen LogP contribution < -0.4 is 0 Å². The second kappa shape index (κ2) is 4.59. The maximum absolute atomic E-state index is 11.9. The average molecular weight is 270 g/mol. The van der Waals surface area contributed by atoms with Gasteiger partial charge in [-0.3, -0.25) is 14.9 Å². The van der Waals surface area contributed by atoms with E-state index in [4.69, 9.17) is 0 Å². The Labute approximate surface area is 116 Å². The number of carbonyl (C=O) groups is 1. The van der Waals surface area contributed by atoms with Crippen LogP contribution in [0.2, 0.25) is 0 Å². The second-order valence-electron chi connectivity index (χ2n) is 5.04. The third-order valence-electron chi connectivity index (χ3n) is 3.70. The smallest absolute Gasteiger partial charge is 0.271 e. The number of carbonyl (C=O) groups excluding carboxylic acids is 1. The molecule has 20 heavy (non-hydrogen) atoms. The number of aromatic nitrogens is 1. The van der Waals surface area contributed by atoms with Gasteiger partial charge in [0.05, 0.1) is 10.6 Å². The standard InChI is InChI=1S/C15H14N2O3/c1-10-8-13-14(6-3-7-15(13)18)16(10)11-4-2-5-12(9-11)17(19)20/h2,4-5,8-9H,3,6-7H2,1H3. The number of hydrogen-bond donors (Lipinski definition) is 0. The highest BCUT2D eigenvalue weighted by atomic mass is 16.6. The number of hydrogen-bond acceptors (Lipinski definition) is 3. The molecule has 1 aliphatic carbocycles. The summed E-state index contributed by atoms with van der Waals surface area (Å²) in [4.78, 5) is 22.4.